The van der Waals surface area contributed by atoms with Crippen LogP contribution in [0.5, 0.6) is 11.6 Å². The molecule has 0 radical (unpaired) electrons. The van der Waals surface area contributed by atoms with E-state index in [1.165, 1.54) is 19.4 Å². The third kappa shape index (κ3) is 4.59. The Morgan fingerprint density at radius 3 is 2.71 bits per heavy atom. The average Bonchev–Trinajstić information content (AvgIpc) is 2.61. The Morgan fingerprint density at radius 2 is 2.04 bits per heavy atom. The largest absolute Gasteiger partial charge is 0.469 e. The molecule has 1 aromatic heterocycles. The van der Waals surface area contributed by atoms with Gasteiger partial charge >= 0.3 is 12.2 Å². The van der Waals surface area contributed by atoms with Gasteiger partial charge in [-0.15, -0.1) is 0 Å². The van der Waals surface area contributed by atoms with Crippen molar-refractivity contribution in [3.05, 3.63) is 59.3 Å². The number of carbonyl (C=O) groups is 2. The minimum absolute atomic E-state index is 0.105. The predicted molar refractivity (Wildman–Crippen MR) is 85.1 cm³/mol. The fourth-order valence-corrected chi connectivity index (χ4v) is 2.02. The molecule has 0 amide bonds. The molecule has 7 nitrogen and oxygen atoms in total. The first-order valence-electron chi connectivity index (χ1n) is 7.14. The number of hydrogen-bond donors (Lipinski definition) is 0. The molecule has 0 aliphatic rings. The van der Waals surface area contributed by atoms with E-state index in [-0.39, 0.29) is 24.3 Å². The van der Waals surface area contributed by atoms with Crippen molar-refractivity contribution in [2.24, 2.45) is 0 Å². The number of benzene rings is 1. The fourth-order valence-electron chi connectivity index (χ4n) is 2.02. The van der Waals surface area contributed by atoms with Crippen LogP contribution in [-0.2, 0) is 16.0 Å². The summed E-state index contributed by atoms with van der Waals surface area (Å²) in [6.07, 6.45) is 2.61. The number of methoxy groups -OCH3 is 1. The first kappa shape index (κ1) is 17.1. The Balaban J connectivity index is 2.29. The zero-order valence-corrected chi connectivity index (χ0v) is 13.0. The molecule has 0 aliphatic heterocycles. The van der Waals surface area contributed by atoms with Gasteiger partial charge in [-0.2, -0.15) is 4.79 Å². The molecule has 0 atom stereocenters. The van der Waals surface area contributed by atoms with Crippen LogP contribution >= 0.6 is 0 Å². The SMILES string of the molecule is COC(=O)CCc1cnc(Oc2ccccc2)cc1C(=O)C=[N+]=[N-]. The summed E-state index contributed by atoms with van der Waals surface area (Å²) in [6, 6.07) is 10.4. The van der Waals surface area contributed by atoms with E-state index in [0.717, 1.165) is 6.21 Å². The minimum atomic E-state index is -0.516. The van der Waals surface area contributed by atoms with Gasteiger partial charge in [0.1, 0.15) is 5.75 Å². The maximum absolute atomic E-state index is 12.1. The van der Waals surface area contributed by atoms with Gasteiger partial charge in [0.05, 0.1) is 7.11 Å². The van der Waals surface area contributed by atoms with E-state index in [0.29, 0.717) is 11.3 Å². The maximum atomic E-state index is 12.1. The normalized spacial score (nSPS) is 9.71. The summed E-state index contributed by atoms with van der Waals surface area (Å²) in [4.78, 5) is 30.3. The van der Waals surface area contributed by atoms with Gasteiger partial charge in [-0.1, -0.05) is 18.2 Å². The summed E-state index contributed by atoms with van der Waals surface area (Å²) in [7, 11) is 1.29. The zero-order chi connectivity index (χ0) is 17.4. The number of rotatable bonds is 7. The van der Waals surface area contributed by atoms with E-state index in [9.17, 15) is 9.59 Å². The number of hydrogen-bond acceptors (Lipinski definition) is 5. The highest BCUT2D eigenvalue weighted by atomic mass is 16.5. The van der Waals surface area contributed by atoms with Crippen LogP contribution in [0.15, 0.2) is 42.6 Å². The van der Waals surface area contributed by atoms with E-state index in [1.807, 2.05) is 18.2 Å². The van der Waals surface area contributed by atoms with Crippen molar-refractivity contribution in [3.8, 4) is 11.6 Å². The highest BCUT2D eigenvalue weighted by Crippen LogP contribution is 2.22. The number of Topliss-reactive ketones (excluding diaryl/α,β-unsaturated/α-hetero) is 1. The second-order valence-corrected chi connectivity index (χ2v) is 4.78. The summed E-state index contributed by atoms with van der Waals surface area (Å²) in [5.41, 5.74) is 9.36. The van der Waals surface area contributed by atoms with Crippen LogP contribution in [-0.4, -0.2) is 34.9 Å². The lowest BCUT2D eigenvalue weighted by Crippen LogP contribution is -2.09. The van der Waals surface area contributed by atoms with Crippen LogP contribution in [0.1, 0.15) is 22.3 Å². The van der Waals surface area contributed by atoms with Crippen LogP contribution in [0, 0.1) is 0 Å². The van der Waals surface area contributed by atoms with Crippen molar-refractivity contribution in [1.82, 2.24) is 4.98 Å². The third-order valence-electron chi connectivity index (χ3n) is 3.19. The third-order valence-corrected chi connectivity index (χ3v) is 3.19. The maximum Gasteiger partial charge on any atom is 0.328 e. The van der Waals surface area contributed by atoms with Crippen molar-refractivity contribution in [3.63, 3.8) is 0 Å². The highest BCUT2D eigenvalue weighted by molar-refractivity contribution is 6.34. The molecule has 7 heteroatoms. The van der Waals surface area contributed by atoms with E-state index < -0.39 is 11.8 Å². The number of ether oxygens (including phenoxy) is 2. The molecule has 0 aliphatic carbocycles. The molecular formula is C17H15N3O4. The summed E-state index contributed by atoms with van der Waals surface area (Å²) in [5.74, 6) is -0.120. The second-order valence-electron chi connectivity index (χ2n) is 4.78. The Hall–Kier alpha value is -3.31. The predicted octanol–water partition coefficient (Wildman–Crippen LogP) is 2.46. The van der Waals surface area contributed by atoms with Crippen molar-refractivity contribution in [2.45, 2.75) is 12.8 Å². The molecule has 0 fully saturated rings. The van der Waals surface area contributed by atoms with Gasteiger partial charge < -0.3 is 15.0 Å². The lowest BCUT2D eigenvalue weighted by Gasteiger charge is -2.09. The van der Waals surface area contributed by atoms with Gasteiger partial charge in [0, 0.05) is 24.2 Å². The number of carbonyl (C=O) groups excluding carboxylic acids is 2. The lowest BCUT2D eigenvalue weighted by atomic mass is 10.0. The summed E-state index contributed by atoms with van der Waals surface area (Å²) < 4.78 is 10.2. The standard InChI is InChI=1S/C17H15N3O4/c1-23-17(22)8-7-12-10-19-16(9-14(12)15(21)11-20-18)24-13-5-3-2-4-6-13/h2-6,9-11H,7-8H2,1H3. The summed E-state index contributed by atoms with van der Waals surface area (Å²) >= 11 is 0. The molecule has 0 spiro atoms. The van der Waals surface area contributed by atoms with Gasteiger partial charge in [-0.25, -0.2) is 4.98 Å². The first-order chi connectivity index (χ1) is 11.6. The van der Waals surface area contributed by atoms with Crippen molar-refractivity contribution >= 4 is 18.0 Å². The first-order valence-corrected chi connectivity index (χ1v) is 7.14. The molecule has 24 heavy (non-hydrogen) atoms. The zero-order valence-electron chi connectivity index (χ0n) is 13.0. The number of esters is 1. The molecule has 0 saturated carbocycles. The molecule has 0 unspecified atom stereocenters. The molecule has 2 aromatic rings. The van der Waals surface area contributed by atoms with Crippen molar-refractivity contribution in [1.29, 1.82) is 0 Å². The number of para-hydroxylation sites is 1. The van der Waals surface area contributed by atoms with Crippen LogP contribution in [0.4, 0.5) is 0 Å². The number of aryl methyl sites for hydroxylation is 1. The molecular weight excluding hydrogens is 310 g/mol. The van der Waals surface area contributed by atoms with Crippen LogP contribution in [0.2, 0.25) is 0 Å². The molecule has 0 N–H and O–H groups in total. The van der Waals surface area contributed by atoms with Gasteiger partial charge in [0.2, 0.25) is 5.88 Å². The molecule has 1 heterocycles. The Labute approximate surface area is 138 Å². The van der Waals surface area contributed by atoms with E-state index in [1.54, 1.807) is 12.1 Å². The van der Waals surface area contributed by atoms with E-state index in [4.69, 9.17) is 10.3 Å². The van der Waals surface area contributed by atoms with Gasteiger partial charge in [0.25, 0.3) is 5.78 Å². The highest BCUT2D eigenvalue weighted by Gasteiger charge is 2.16. The molecule has 2 rings (SSSR count). The minimum Gasteiger partial charge on any atom is -0.469 e. The smallest absolute Gasteiger partial charge is 0.328 e. The van der Waals surface area contributed by atoms with Crippen LogP contribution < -0.4 is 4.74 Å². The van der Waals surface area contributed by atoms with Crippen LogP contribution in [0.25, 0.3) is 5.53 Å². The van der Waals surface area contributed by atoms with Crippen molar-refractivity contribution < 1.29 is 23.9 Å². The number of aromatic nitrogens is 1. The Morgan fingerprint density at radius 1 is 1.29 bits per heavy atom. The summed E-state index contributed by atoms with van der Waals surface area (Å²) in [6.45, 7) is 0. The topological polar surface area (TPSA) is 102 Å². The van der Waals surface area contributed by atoms with E-state index in [2.05, 4.69) is 14.5 Å². The number of pyridine rings is 1. The van der Waals surface area contributed by atoms with Gasteiger partial charge in [-0.05, 0) is 24.1 Å². The summed E-state index contributed by atoms with van der Waals surface area (Å²) in [5, 5.41) is 0. The van der Waals surface area contributed by atoms with Gasteiger partial charge in [0.15, 0.2) is 0 Å². The quantitative estimate of drug-likeness (QED) is 0.256. The number of nitrogens with zero attached hydrogens (tertiary/aromatic N) is 3. The van der Waals surface area contributed by atoms with Gasteiger partial charge in [-0.3, -0.25) is 9.59 Å². The Kier molecular flexibility index (Phi) is 5.94. The molecule has 122 valence electrons. The van der Waals surface area contributed by atoms with E-state index >= 15 is 0 Å². The van der Waals surface area contributed by atoms with Crippen molar-refractivity contribution in [2.75, 3.05) is 7.11 Å². The fraction of sp³-hybridized carbons (Fsp3) is 0.176. The molecule has 0 saturated heterocycles. The average molecular weight is 325 g/mol. The monoisotopic (exact) mass is 325 g/mol. The lowest BCUT2D eigenvalue weighted by molar-refractivity contribution is -0.140. The molecule has 0 bridgehead atoms. The number of ketones is 1. The van der Waals surface area contributed by atoms with Crippen LogP contribution in [0.3, 0.4) is 0 Å². The Bertz CT molecular complexity index is 784. The molecule has 1 aromatic carbocycles. The second kappa shape index (κ2) is 8.36.